The molecule has 8 nitrogen and oxygen atoms in total. The number of nitro groups is 1. The summed E-state index contributed by atoms with van der Waals surface area (Å²) in [7, 11) is 3.15. The highest BCUT2D eigenvalue weighted by Crippen LogP contribution is 2.32. The summed E-state index contributed by atoms with van der Waals surface area (Å²) in [6.45, 7) is 2.44. The number of rotatable bonds is 8. The van der Waals surface area contributed by atoms with Gasteiger partial charge < -0.3 is 20.7 Å². The number of para-hydroxylation sites is 1. The summed E-state index contributed by atoms with van der Waals surface area (Å²) < 4.78 is 4.84. The molecule has 1 amide bonds. The average molecular weight is 296 g/mol. The Bertz CT molecular complexity index is 507. The number of methoxy groups -OCH3 is 1. The van der Waals surface area contributed by atoms with Crippen LogP contribution < -0.4 is 16.0 Å². The first-order valence-electron chi connectivity index (χ1n) is 6.49. The molecule has 1 rings (SSSR count). The molecule has 0 saturated carbocycles. The maximum Gasteiger partial charge on any atom is 0.315 e. The van der Waals surface area contributed by atoms with Crippen LogP contribution in [0, 0.1) is 10.1 Å². The van der Waals surface area contributed by atoms with Gasteiger partial charge in [0.15, 0.2) is 0 Å². The lowest BCUT2D eigenvalue weighted by atomic mass is 10.2. The zero-order valence-corrected chi connectivity index (χ0v) is 12.3. The van der Waals surface area contributed by atoms with Gasteiger partial charge in [-0.25, -0.2) is 0 Å². The number of benzene rings is 1. The van der Waals surface area contributed by atoms with Crippen LogP contribution in [0.15, 0.2) is 18.2 Å². The quantitative estimate of drug-likeness (QED) is 0.378. The standard InChI is InChI=1S/C13H20N4O4/c1-9(13(18)15-7-8-21-3)16-11-6-4-5-10(14-2)12(11)17(19)20/h4-6,9,14,16H,7-8H2,1-3H3,(H,15,18). The van der Waals surface area contributed by atoms with Crippen LogP contribution in [0.25, 0.3) is 0 Å². The Hall–Kier alpha value is -2.35. The minimum Gasteiger partial charge on any atom is -0.383 e. The summed E-state index contributed by atoms with van der Waals surface area (Å²) in [6, 6.07) is 4.24. The molecule has 0 aliphatic rings. The van der Waals surface area contributed by atoms with E-state index in [4.69, 9.17) is 4.74 Å². The zero-order valence-electron chi connectivity index (χ0n) is 12.3. The molecule has 0 spiro atoms. The predicted molar refractivity (Wildman–Crippen MR) is 80.6 cm³/mol. The average Bonchev–Trinajstić information content (AvgIpc) is 2.46. The highest BCUT2D eigenvalue weighted by atomic mass is 16.6. The zero-order chi connectivity index (χ0) is 15.8. The number of carbonyl (C=O) groups excluding carboxylic acids is 1. The van der Waals surface area contributed by atoms with Crippen LogP contribution in [0.4, 0.5) is 17.1 Å². The van der Waals surface area contributed by atoms with Crippen LogP contribution in [0.2, 0.25) is 0 Å². The maximum absolute atomic E-state index is 11.8. The van der Waals surface area contributed by atoms with E-state index in [1.807, 2.05) is 0 Å². The van der Waals surface area contributed by atoms with E-state index in [1.165, 1.54) is 0 Å². The molecule has 1 atom stereocenters. The number of nitrogens with one attached hydrogen (secondary N) is 3. The minimum atomic E-state index is -0.604. The molecule has 8 heteroatoms. The van der Waals surface area contributed by atoms with Crippen molar-refractivity contribution in [2.45, 2.75) is 13.0 Å². The van der Waals surface area contributed by atoms with Gasteiger partial charge in [-0.3, -0.25) is 14.9 Å². The maximum atomic E-state index is 11.8. The van der Waals surface area contributed by atoms with E-state index in [9.17, 15) is 14.9 Å². The van der Waals surface area contributed by atoms with E-state index >= 15 is 0 Å². The van der Waals surface area contributed by atoms with Gasteiger partial charge in [0, 0.05) is 20.7 Å². The summed E-state index contributed by atoms with van der Waals surface area (Å²) in [5.41, 5.74) is 0.592. The smallest absolute Gasteiger partial charge is 0.315 e. The Morgan fingerprint density at radius 3 is 2.67 bits per heavy atom. The molecular formula is C13H20N4O4. The van der Waals surface area contributed by atoms with Gasteiger partial charge in [-0.15, -0.1) is 0 Å². The van der Waals surface area contributed by atoms with Gasteiger partial charge >= 0.3 is 5.69 Å². The first kappa shape index (κ1) is 16.7. The largest absolute Gasteiger partial charge is 0.383 e. The summed E-state index contributed by atoms with van der Waals surface area (Å²) in [5.74, 6) is -0.254. The van der Waals surface area contributed by atoms with Gasteiger partial charge in [0.1, 0.15) is 17.4 Å². The molecule has 0 radical (unpaired) electrons. The Morgan fingerprint density at radius 2 is 2.10 bits per heavy atom. The van der Waals surface area contributed by atoms with Crippen LogP contribution in [0.3, 0.4) is 0 Å². The van der Waals surface area contributed by atoms with Crippen molar-refractivity contribution < 1.29 is 14.5 Å². The molecule has 0 aliphatic carbocycles. The van der Waals surface area contributed by atoms with Crippen molar-refractivity contribution in [2.75, 3.05) is 37.9 Å². The van der Waals surface area contributed by atoms with E-state index in [-0.39, 0.29) is 11.6 Å². The van der Waals surface area contributed by atoms with Gasteiger partial charge in [0.05, 0.1) is 11.5 Å². The third kappa shape index (κ3) is 4.60. The molecule has 21 heavy (non-hydrogen) atoms. The molecular weight excluding hydrogens is 276 g/mol. The fraction of sp³-hybridized carbons (Fsp3) is 0.462. The first-order chi connectivity index (χ1) is 10.0. The fourth-order valence-electron chi connectivity index (χ4n) is 1.79. The second kappa shape index (κ2) is 8.05. The Morgan fingerprint density at radius 1 is 1.43 bits per heavy atom. The van der Waals surface area contributed by atoms with Gasteiger partial charge in [-0.1, -0.05) is 6.07 Å². The number of carbonyl (C=O) groups is 1. The monoisotopic (exact) mass is 296 g/mol. The molecule has 3 N–H and O–H groups in total. The number of hydrogen-bond donors (Lipinski definition) is 3. The number of nitro benzene ring substituents is 1. The van der Waals surface area contributed by atoms with Crippen LogP contribution in [0.5, 0.6) is 0 Å². The predicted octanol–water partition coefficient (Wildman–Crippen LogP) is 1.20. The lowest BCUT2D eigenvalue weighted by molar-refractivity contribution is -0.383. The molecule has 1 aromatic carbocycles. The van der Waals surface area contributed by atoms with Crippen molar-refractivity contribution in [3.63, 3.8) is 0 Å². The number of anilines is 2. The molecule has 116 valence electrons. The summed E-state index contributed by atoms with van der Waals surface area (Å²) in [6.07, 6.45) is 0. The van der Waals surface area contributed by atoms with Crippen molar-refractivity contribution in [2.24, 2.45) is 0 Å². The van der Waals surface area contributed by atoms with E-state index in [1.54, 1.807) is 39.3 Å². The van der Waals surface area contributed by atoms with Crippen LogP contribution >= 0.6 is 0 Å². The Kier molecular flexibility index (Phi) is 6.41. The van der Waals surface area contributed by atoms with Crippen LogP contribution in [-0.4, -0.2) is 44.2 Å². The summed E-state index contributed by atoms with van der Waals surface area (Å²) in [5, 5.41) is 19.5. The summed E-state index contributed by atoms with van der Waals surface area (Å²) >= 11 is 0. The Labute approximate surface area is 123 Å². The molecule has 0 saturated heterocycles. The van der Waals surface area contributed by atoms with E-state index in [0.717, 1.165) is 0 Å². The van der Waals surface area contributed by atoms with Crippen molar-refractivity contribution >= 4 is 23.0 Å². The number of ether oxygens (including phenoxy) is 1. The highest BCUT2D eigenvalue weighted by Gasteiger charge is 2.22. The molecule has 0 fully saturated rings. The van der Waals surface area contributed by atoms with E-state index in [0.29, 0.717) is 24.5 Å². The molecule has 0 aromatic heterocycles. The topological polar surface area (TPSA) is 106 Å². The SMILES string of the molecule is CNc1cccc(NC(C)C(=O)NCCOC)c1[N+](=O)[O-]. The lowest BCUT2D eigenvalue weighted by Gasteiger charge is -2.16. The van der Waals surface area contributed by atoms with Gasteiger partial charge in [0.25, 0.3) is 0 Å². The van der Waals surface area contributed by atoms with Crippen LogP contribution in [-0.2, 0) is 9.53 Å². The van der Waals surface area contributed by atoms with Crippen molar-refractivity contribution in [3.05, 3.63) is 28.3 Å². The minimum absolute atomic E-state index is 0.0865. The van der Waals surface area contributed by atoms with Crippen molar-refractivity contribution in [1.29, 1.82) is 0 Å². The van der Waals surface area contributed by atoms with Gasteiger partial charge in [0.2, 0.25) is 5.91 Å². The molecule has 1 aromatic rings. The second-order valence-corrected chi connectivity index (χ2v) is 4.36. The number of nitrogens with zero attached hydrogens (tertiary/aromatic N) is 1. The molecule has 1 unspecified atom stereocenters. The molecule has 0 bridgehead atoms. The lowest BCUT2D eigenvalue weighted by Crippen LogP contribution is -2.39. The van der Waals surface area contributed by atoms with E-state index < -0.39 is 11.0 Å². The molecule has 0 heterocycles. The van der Waals surface area contributed by atoms with Crippen LogP contribution in [0.1, 0.15) is 6.92 Å². The number of amides is 1. The Balaban J connectivity index is 2.82. The number of hydrogen-bond acceptors (Lipinski definition) is 6. The summed E-state index contributed by atoms with van der Waals surface area (Å²) in [4.78, 5) is 22.5. The van der Waals surface area contributed by atoms with Gasteiger partial charge in [-0.2, -0.15) is 0 Å². The van der Waals surface area contributed by atoms with Crippen molar-refractivity contribution in [3.8, 4) is 0 Å². The molecule has 0 aliphatic heterocycles. The highest BCUT2D eigenvalue weighted by molar-refractivity contribution is 5.86. The van der Waals surface area contributed by atoms with Gasteiger partial charge in [-0.05, 0) is 19.1 Å². The third-order valence-electron chi connectivity index (χ3n) is 2.86. The second-order valence-electron chi connectivity index (χ2n) is 4.36. The third-order valence-corrected chi connectivity index (χ3v) is 2.86. The van der Waals surface area contributed by atoms with E-state index in [2.05, 4.69) is 16.0 Å². The normalized spacial score (nSPS) is 11.6. The van der Waals surface area contributed by atoms with Crippen molar-refractivity contribution in [1.82, 2.24) is 5.32 Å². The fourth-order valence-corrected chi connectivity index (χ4v) is 1.79. The first-order valence-corrected chi connectivity index (χ1v) is 6.49.